The van der Waals surface area contributed by atoms with Crippen LogP contribution in [0.2, 0.25) is 0 Å². The highest BCUT2D eigenvalue weighted by Gasteiger charge is 2.30. The minimum Gasteiger partial charge on any atom is -0.497 e. The number of carbonyl (C=O) groups is 1. The summed E-state index contributed by atoms with van der Waals surface area (Å²) in [5, 5.41) is 0. The van der Waals surface area contributed by atoms with Crippen molar-refractivity contribution in [3.8, 4) is 5.75 Å². The predicted molar refractivity (Wildman–Crippen MR) is 121 cm³/mol. The molecule has 1 fully saturated rings. The highest BCUT2D eigenvalue weighted by Crippen LogP contribution is 2.27. The molecule has 4 rings (SSSR count). The minimum atomic E-state index is -0.822. The second-order valence-corrected chi connectivity index (χ2v) is 7.96. The first-order valence-electron chi connectivity index (χ1n) is 10.7. The van der Waals surface area contributed by atoms with Crippen LogP contribution in [0.4, 0.5) is 14.5 Å². The molecule has 0 unspecified atom stereocenters. The summed E-state index contributed by atoms with van der Waals surface area (Å²) < 4.78 is 32.8. The topological polar surface area (TPSA) is 32.8 Å². The summed E-state index contributed by atoms with van der Waals surface area (Å²) in [7, 11) is 1.59. The van der Waals surface area contributed by atoms with E-state index in [1.807, 2.05) is 35.2 Å². The average molecular weight is 437 g/mol. The number of carbonyl (C=O) groups excluding carboxylic acids is 1. The molecule has 3 aromatic carbocycles. The van der Waals surface area contributed by atoms with E-state index >= 15 is 0 Å². The second-order valence-electron chi connectivity index (χ2n) is 7.96. The number of nitrogens with zero attached hydrogens (tertiary/aromatic N) is 2. The van der Waals surface area contributed by atoms with Crippen LogP contribution in [0.3, 0.4) is 0 Å². The van der Waals surface area contributed by atoms with Crippen molar-refractivity contribution in [2.45, 2.75) is 25.4 Å². The van der Waals surface area contributed by atoms with E-state index in [-0.39, 0.29) is 11.9 Å². The third-order valence-electron chi connectivity index (χ3n) is 5.94. The summed E-state index contributed by atoms with van der Waals surface area (Å²) in [6.07, 6.45) is 1.49. The first-order valence-corrected chi connectivity index (χ1v) is 10.7. The second kappa shape index (κ2) is 9.92. The summed E-state index contributed by atoms with van der Waals surface area (Å²) >= 11 is 0. The Morgan fingerprint density at radius 3 is 2.31 bits per heavy atom. The van der Waals surface area contributed by atoms with Gasteiger partial charge in [-0.3, -0.25) is 9.69 Å². The molecule has 4 nitrogen and oxygen atoms in total. The van der Waals surface area contributed by atoms with E-state index in [1.165, 1.54) is 6.07 Å². The van der Waals surface area contributed by atoms with Crippen LogP contribution in [0.15, 0.2) is 72.8 Å². The molecule has 0 saturated carbocycles. The summed E-state index contributed by atoms with van der Waals surface area (Å²) in [6.45, 7) is 1.74. The fourth-order valence-electron chi connectivity index (χ4n) is 4.20. The van der Waals surface area contributed by atoms with E-state index in [0.717, 1.165) is 24.6 Å². The summed E-state index contributed by atoms with van der Waals surface area (Å²) in [5.74, 6) is -0.966. The molecule has 1 aliphatic rings. The van der Waals surface area contributed by atoms with Gasteiger partial charge in [0, 0.05) is 42.5 Å². The number of methoxy groups -OCH3 is 1. The normalized spacial score (nSPS) is 14.8. The highest BCUT2D eigenvalue weighted by atomic mass is 19.2. The van der Waals surface area contributed by atoms with E-state index in [4.69, 9.17) is 4.74 Å². The van der Waals surface area contributed by atoms with Gasteiger partial charge in [-0.1, -0.05) is 30.3 Å². The lowest BCUT2D eigenvalue weighted by Crippen LogP contribution is -2.47. The molecule has 1 aliphatic heterocycles. The zero-order chi connectivity index (χ0) is 22.5. The van der Waals surface area contributed by atoms with Crippen molar-refractivity contribution in [1.29, 1.82) is 0 Å². The number of hydrogen-bond donors (Lipinski definition) is 0. The molecule has 32 heavy (non-hydrogen) atoms. The Bertz CT molecular complexity index is 1050. The highest BCUT2D eigenvalue weighted by molar-refractivity contribution is 6.06. The Morgan fingerprint density at radius 1 is 0.969 bits per heavy atom. The summed E-state index contributed by atoms with van der Waals surface area (Å²) in [4.78, 5) is 17.4. The van der Waals surface area contributed by atoms with Crippen LogP contribution < -0.4 is 9.64 Å². The van der Waals surface area contributed by atoms with Gasteiger partial charge in [0.2, 0.25) is 0 Å². The SMILES string of the molecule is COc1ccc(C(=O)N(c2ccccc2)C2CCN(Cc3cccc(F)c3F)CC2)cc1. The third kappa shape index (κ3) is 4.81. The summed E-state index contributed by atoms with van der Waals surface area (Å²) in [5.41, 5.74) is 1.81. The van der Waals surface area contributed by atoms with Gasteiger partial charge in [-0.25, -0.2) is 8.78 Å². The number of amides is 1. The smallest absolute Gasteiger partial charge is 0.258 e. The molecule has 0 bridgehead atoms. The Kier molecular flexibility index (Phi) is 6.81. The Morgan fingerprint density at radius 2 is 1.66 bits per heavy atom. The van der Waals surface area contributed by atoms with Crippen molar-refractivity contribution in [1.82, 2.24) is 4.90 Å². The number of halogens is 2. The number of likely N-dealkylation sites (tertiary alicyclic amines) is 1. The molecule has 6 heteroatoms. The molecule has 1 heterocycles. The third-order valence-corrected chi connectivity index (χ3v) is 5.94. The number of piperidine rings is 1. The molecule has 1 saturated heterocycles. The lowest BCUT2D eigenvalue weighted by atomic mass is 10.00. The van der Waals surface area contributed by atoms with Crippen molar-refractivity contribution >= 4 is 11.6 Å². The van der Waals surface area contributed by atoms with Crippen LogP contribution in [0, 0.1) is 11.6 Å². The van der Waals surface area contributed by atoms with Crippen molar-refractivity contribution in [3.05, 3.63) is 95.6 Å². The summed E-state index contributed by atoms with van der Waals surface area (Å²) in [6, 6.07) is 21.1. The van der Waals surface area contributed by atoms with Crippen LogP contribution in [0.5, 0.6) is 5.75 Å². The van der Waals surface area contributed by atoms with Crippen LogP contribution in [0.25, 0.3) is 0 Å². The van der Waals surface area contributed by atoms with Crippen LogP contribution in [0.1, 0.15) is 28.8 Å². The van der Waals surface area contributed by atoms with Gasteiger partial charge in [0.15, 0.2) is 11.6 Å². The minimum absolute atomic E-state index is 0.0145. The predicted octanol–water partition coefficient (Wildman–Crippen LogP) is 5.28. The molecular formula is C26H26F2N2O2. The zero-order valence-electron chi connectivity index (χ0n) is 18.0. The first kappa shape index (κ1) is 22.0. The van der Waals surface area contributed by atoms with E-state index < -0.39 is 11.6 Å². The van der Waals surface area contributed by atoms with Gasteiger partial charge in [-0.2, -0.15) is 0 Å². The van der Waals surface area contributed by atoms with Gasteiger partial charge < -0.3 is 9.64 Å². The maximum atomic E-state index is 14.1. The lowest BCUT2D eigenvalue weighted by Gasteiger charge is -2.38. The maximum absolute atomic E-state index is 14.1. The average Bonchev–Trinajstić information content (AvgIpc) is 2.84. The number of anilines is 1. The van der Waals surface area contributed by atoms with Crippen molar-refractivity contribution in [2.75, 3.05) is 25.1 Å². The number of para-hydroxylation sites is 1. The van der Waals surface area contributed by atoms with Crippen molar-refractivity contribution in [2.24, 2.45) is 0 Å². The molecule has 0 atom stereocenters. The zero-order valence-corrected chi connectivity index (χ0v) is 18.0. The van der Waals surface area contributed by atoms with Gasteiger partial charge in [0.25, 0.3) is 5.91 Å². The van der Waals surface area contributed by atoms with Crippen molar-refractivity contribution < 1.29 is 18.3 Å². The van der Waals surface area contributed by atoms with Crippen LogP contribution in [-0.4, -0.2) is 37.0 Å². The molecule has 0 N–H and O–H groups in total. The Labute approximate surface area is 187 Å². The molecule has 0 aliphatic carbocycles. The largest absolute Gasteiger partial charge is 0.497 e. The Hall–Kier alpha value is -3.25. The first-order chi connectivity index (χ1) is 15.6. The monoisotopic (exact) mass is 436 g/mol. The van der Waals surface area contributed by atoms with E-state index in [1.54, 1.807) is 37.4 Å². The van der Waals surface area contributed by atoms with Crippen LogP contribution in [-0.2, 0) is 6.54 Å². The van der Waals surface area contributed by atoms with E-state index in [2.05, 4.69) is 4.90 Å². The molecule has 0 spiro atoms. The number of hydrogen-bond acceptors (Lipinski definition) is 3. The van der Waals surface area contributed by atoms with Crippen molar-refractivity contribution in [3.63, 3.8) is 0 Å². The van der Waals surface area contributed by atoms with E-state index in [9.17, 15) is 13.6 Å². The molecule has 0 aromatic heterocycles. The lowest BCUT2D eigenvalue weighted by molar-refractivity contribution is 0.0958. The van der Waals surface area contributed by atoms with E-state index in [0.29, 0.717) is 36.5 Å². The van der Waals surface area contributed by atoms with Gasteiger partial charge in [-0.05, 0) is 55.3 Å². The standard InChI is InChI=1S/C26H26F2N2O2/c1-32-23-12-10-19(11-13-23)26(31)30(21-7-3-2-4-8-21)22-14-16-29(17-15-22)18-20-6-5-9-24(27)25(20)28/h2-13,22H,14-18H2,1H3. The van der Waals surface area contributed by atoms with Crippen LogP contribution >= 0.6 is 0 Å². The molecular weight excluding hydrogens is 410 g/mol. The van der Waals surface area contributed by atoms with Gasteiger partial charge in [0.1, 0.15) is 5.75 Å². The van der Waals surface area contributed by atoms with Gasteiger partial charge in [0.05, 0.1) is 7.11 Å². The Balaban J connectivity index is 1.50. The number of ether oxygens (including phenoxy) is 1. The molecule has 166 valence electrons. The fraction of sp³-hybridized carbons (Fsp3) is 0.269. The number of benzene rings is 3. The maximum Gasteiger partial charge on any atom is 0.258 e. The molecule has 0 radical (unpaired) electrons. The number of rotatable bonds is 6. The quantitative estimate of drug-likeness (QED) is 0.527. The fourth-order valence-corrected chi connectivity index (χ4v) is 4.20. The van der Waals surface area contributed by atoms with Gasteiger partial charge in [-0.15, -0.1) is 0 Å². The van der Waals surface area contributed by atoms with Gasteiger partial charge >= 0.3 is 0 Å². The molecule has 3 aromatic rings. The molecule has 1 amide bonds.